The summed E-state index contributed by atoms with van der Waals surface area (Å²) in [7, 11) is 0. The minimum atomic E-state index is -0.0872. The van der Waals surface area contributed by atoms with Crippen LogP contribution < -0.4 is 10.6 Å². The largest absolute Gasteiger partial charge is 0.337 e. The first kappa shape index (κ1) is 18.9. The Labute approximate surface area is 171 Å². The first-order valence-corrected chi connectivity index (χ1v) is 9.97. The van der Waals surface area contributed by atoms with Crippen molar-refractivity contribution in [2.24, 2.45) is 0 Å². The number of hydrogen-bond donors (Lipinski definition) is 2. The summed E-state index contributed by atoms with van der Waals surface area (Å²) in [5.74, 6) is -0.0872. The summed E-state index contributed by atoms with van der Waals surface area (Å²) in [5.41, 5.74) is 4.02. The van der Waals surface area contributed by atoms with Gasteiger partial charge >= 0.3 is 0 Å². The number of carbonyl (C=O) groups is 1. The molecule has 3 N–H and O–H groups in total. The van der Waals surface area contributed by atoms with Crippen LogP contribution in [0.25, 0.3) is 10.8 Å². The Bertz CT molecular complexity index is 1100. The highest BCUT2D eigenvalue weighted by atomic mass is 16.1. The first-order valence-electron chi connectivity index (χ1n) is 9.97. The third-order valence-electron chi connectivity index (χ3n) is 5.27. The van der Waals surface area contributed by atoms with E-state index in [1.807, 2.05) is 54.6 Å². The minimum Gasteiger partial charge on any atom is -0.337 e. The Balaban J connectivity index is 1.39. The van der Waals surface area contributed by atoms with E-state index in [9.17, 15) is 4.79 Å². The maximum absolute atomic E-state index is 12.4. The second-order valence-corrected chi connectivity index (χ2v) is 7.31. The highest BCUT2D eigenvalue weighted by Crippen LogP contribution is 2.22. The van der Waals surface area contributed by atoms with Crippen LogP contribution in [-0.4, -0.2) is 5.91 Å². The van der Waals surface area contributed by atoms with Crippen molar-refractivity contribution in [2.45, 2.75) is 19.5 Å². The number of nitrogens with two attached hydrogens (primary N) is 1. The SMILES string of the molecule is C[C@H]([NH2+]Cc1ccc(C(=O)Nc2ccccc2)cc1)c1cccc2ccccc12. The minimum absolute atomic E-state index is 0.0872. The molecule has 1 atom stereocenters. The zero-order valence-electron chi connectivity index (χ0n) is 16.5. The fraction of sp³-hybridized carbons (Fsp3) is 0.115. The van der Waals surface area contributed by atoms with E-state index in [0.717, 1.165) is 12.2 Å². The van der Waals surface area contributed by atoms with Crippen molar-refractivity contribution in [3.63, 3.8) is 0 Å². The molecule has 0 aromatic heterocycles. The Kier molecular flexibility index (Phi) is 5.68. The molecule has 3 heteroatoms. The van der Waals surface area contributed by atoms with Crippen molar-refractivity contribution in [2.75, 3.05) is 5.32 Å². The molecule has 144 valence electrons. The van der Waals surface area contributed by atoms with Crippen LogP contribution in [0, 0.1) is 0 Å². The topological polar surface area (TPSA) is 45.7 Å². The van der Waals surface area contributed by atoms with Crippen LogP contribution in [-0.2, 0) is 6.54 Å². The van der Waals surface area contributed by atoms with Crippen LogP contribution in [0.1, 0.15) is 34.5 Å². The molecule has 0 aliphatic carbocycles. The molecule has 0 heterocycles. The van der Waals surface area contributed by atoms with Crippen molar-refractivity contribution in [1.82, 2.24) is 0 Å². The lowest BCUT2D eigenvalue weighted by Gasteiger charge is -2.14. The van der Waals surface area contributed by atoms with Crippen LogP contribution in [0.15, 0.2) is 97.1 Å². The predicted octanol–water partition coefficient (Wildman–Crippen LogP) is 4.92. The lowest BCUT2D eigenvalue weighted by Crippen LogP contribution is -2.83. The molecule has 4 rings (SSSR count). The third kappa shape index (κ3) is 4.53. The number of benzene rings is 4. The van der Waals surface area contributed by atoms with Gasteiger partial charge in [-0.15, -0.1) is 0 Å². The van der Waals surface area contributed by atoms with Gasteiger partial charge in [0.05, 0.1) is 0 Å². The van der Waals surface area contributed by atoms with Crippen molar-refractivity contribution in [1.29, 1.82) is 0 Å². The lowest BCUT2D eigenvalue weighted by atomic mass is 9.99. The summed E-state index contributed by atoms with van der Waals surface area (Å²) in [6.07, 6.45) is 0. The summed E-state index contributed by atoms with van der Waals surface area (Å²) in [6.45, 7) is 3.11. The second kappa shape index (κ2) is 8.72. The fourth-order valence-corrected chi connectivity index (χ4v) is 3.60. The molecule has 0 fully saturated rings. The zero-order valence-corrected chi connectivity index (χ0v) is 16.5. The van der Waals surface area contributed by atoms with E-state index >= 15 is 0 Å². The quantitative estimate of drug-likeness (QED) is 0.489. The molecule has 1 amide bonds. The highest BCUT2D eigenvalue weighted by molar-refractivity contribution is 6.04. The second-order valence-electron chi connectivity index (χ2n) is 7.31. The van der Waals surface area contributed by atoms with E-state index in [0.29, 0.717) is 11.6 Å². The van der Waals surface area contributed by atoms with Crippen LogP contribution >= 0.6 is 0 Å². The smallest absolute Gasteiger partial charge is 0.255 e. The number of amides is 1. The molecule has 0 aliphatic heterocycles. The lowest BCUT2D eigenvalue weighted by molar-refractivity contribution is -0.707. The average molecular weight is 381 g/mol. The molecular formula is C26H25N2O+. The van der Waals surface area contributed by atoms with E-state index in [-0.39, 0.29) is 5.91 Å². The van der Waals surface area contributed by atoms with Gasteiger partial charge in [0.25, 0.3) is 5.91 Å². The van der Waals surface area contributed by atoms with Gasteiger partial charge in [0.15, 0.2) is 0 Å². The Hall–Kier alpha value is -3.43. The molecular weight excluding hydrogens is 356 g/mol. The van der Waals surface area contributed by atoms with E-state index in [1.54, 1.807) is 0 Å². The van der Waals surface area contributed by atoms with Gasteiger partial charge in [-0.1, -0.05) is 72.8 Å². The average Bonchev–Trinajstić information content (AvgIpc) is 2.78. The number of rotatable bonds is 6. The number of hydrogen-bond acceptors (Lipinski definition) is 1. The fourth-order valence-electron chi connectivity index (χ4n) is 3.60. The van der Waals surface area contributed by atoms with E-state index in [2.05, 4.69) is 60.0 Å². The molecule has 0 bridgehead atoms. The van der Waals surface area contributed by atoms with Gasteiger partial charge in [0, 0.05) is 22.4 Å². The molecule has 29 heavy (non-hydrogen) atoms. The van der Waals surface area contributed by atoms with Gasteiger partial charge in [-0.05, 0) is 42.0 Å². The molecule has 0 aliphatic rings. The monoisotopic (exact) mass is 381 g/mol. The van der Waals surface area contributed by atoms with E-state index in [1.165, 1.54) is 21.9 Å². The van der Waals surface area contributed by atoms with Gasteiger partial charge in [0.1, 0.15) is 12.6 Å². The summed E-state index contributed by atoms with van der Waals surface area (Å²) in [4.78, 5) is 12.4. The molecule has 0 saturated heterocycles. The molecule has 0 saturated carbocycles. The maximum Gasteiger partial charge on any atom is 0.255 e. The van der Waals surface area contributed by atoms with Crippen LogP contribution in [0.2, 0.25) is 0 Å². The number of anilines is 1. The van der Waals surface area contributed by atoms with Crippen molar-refractivity contribution in [3.05, 3.63) is 114 Å². The standard InChI is InChI=1S/C26H24N2O/c1-19(24-13-7-9-21-8-5-6-12-25(21)24)27-18-20-14-16-22(17-15-20)26(29)28-23-10-3-2-4-11-23/h2-17,19,27H,18H2,1H3,(H,28,29)/p+1/t19-/m0/s1. The summed E-state index contributed by atoms with van der Waals surface area (Å²) in [5, 5.41) is 7.84. The molecule has 3 nitrogen and oxygen atoms in total. The molecule has 0 spiro atoms. The normalized spacial score (nSPS) is 11.9. The van der Waals surface area contributed by atoms with Gasteiger partial charge in [-0.3, -0.25) is 4.79 Å². The Morgan fingerprint density at radius 3 is 2.31 bits per heavy atom. The van der Waals surface area contributed by atoms with E-state index in [4.69, 9.17) is 0 Å². The van der Waals surface area contributed by atoms with Crippen molar-refractivity contribution >= 4 is 22.4 Å². The Morgan fingerprint density at radius 1 is 0.828 bits per heavy atom. The van der Waals surface area contributed by atoms with Gasteiger partial charge in [0.2, 0.25) is 0 Å². The number of para-hydroxylation sites is 1. The molecule has 4 aromatic rings. The highest BCUT2D eigenvalue weighted by Gasteiger charge is 2.12. The summed E-state index contributed by atoms with van der Waals surface area (Å²) in [6, 6.07) is 32.7. The van der Waals surface area contributed by atoms with Gasteiger partial charge in [-0.25, -0.2) is 0 Å². The van der Waals surface area contributed by atoms with Crippen LogP contribution in [0.3, 0.4) is 0 Å². The zero-order chi connectivity index (χ0) is 20.1. The van der Waals surface area contributed by atoms with Gasteiger partial charge in [-0.2, -0.15) is 0 Å². The number of carbonyl (C=O) groups excluding carboxylic acids is 1. The summed E-state index contributed by atoms with van der Waals surface area (Å²) < 4.78 is 0. The summed E-state index contributed by atoms with van der Waals surface area (Å²) >= 11 is 0. The Morgan fingerprint density at radius 2 is 1.52 bits per heavy atom. The first-order chi connectivity index (χ1) is 14.2. The number of nitrogens with one attached hydrogen (secondary N) is 1. The van der Waals surface area contributed by atoms with Crippen LogP contribution in [0.4, 0.5) is 5.69 Å². The number of fused-ring (bicyclic) bond motifs is 1. The van der Waals surface area contributed by atoms with Crippen molar-refractivity contribution in [3.8, 4) is 0 Å². The number of quaternary nitrogens is 1. The molecule has 0 radical (unpaired) electrons. The molecule has 4 aromatic carbocycles. The molecule has 0 unspecified atom stereocenters. The predicted molar refractivity (Wildman–Crippen MR) is 119 cm³/mol. The van der Waals surface area contributed by atoms with Crippen LogP contribution in [0.5, 0.6) is 0 Å². The van der Waals surface area contributed by atoms with Gasteiger partial charge < -0.3 is 10.6 Å². The maximum atomic E-state index is 12.4. The van der Waals surface area contributed by atoms with E-state index < -0.39 is 0 Å². The third-order valence-corrected chi connectivity index (χ3v) is 5.27. The van der Waals surface area contributed by atoms with Crippen molar-refractivity contribution < 1.29 is 10.1 Å².